The lowest BCUT2D eigenvalue weighted by Gasteiger charge is -2.34. The molecule has 0 amide bonds. The summed E-state index contributed by atoms with van der Waals surface area (Å²) >= 11 is 0. The molecule has 0 aromatic heterocycles. The van der Waals surface area contributed by atoms with E-state index in [0.29, 0.717) is 12.6 Å². The van der Waals surface area contributed by atoms with E-state index in [1.807, 2.05) is 6.92 Å². The van der Waals surface area contributed by atoms with Crippen LogP contribution in [0.2, 0.25) is 0 Å². The average molecular weight is 208 g/mol. The summed E-state index contributed by atoms with van der Waals surface area (Å²) in [6.07, 6.45) is 10.7. The normalized spacial score (nSPS) is 30.5. The lowest BCUT2D eigenvalue weighted by atomic mass is 9.78. The van der Waals surface area contributed by atoms with E-state index in [2.05, 4.69) is 18.2 Å². The summed E-state index contributed by atoms with van der Waals surface area (Å²) in [5, 5.41) is 3.45. The van der Waals surface area contributed by atoms with Gasteiger partial charge >= 0.3 is 0 Å². The zero-order chi connectivity index (χ0) is 11.3. The minimum absolute atomic E-state index is 0.135. The largest absolute Gasteiger partial charge is 0.329 e. The van der Waals surface area contributed by atoms with Crippen molar-refractivity contribution >= 4 is 0 Å². The van der Waals surface area contributed by atoms with Gasteiger partial charge in [-0.3, -0.25) is 5.32 Å². The van der Waals surface area contributed by atoms with Gasteiger partial charge in [0, 0.05) is 12.6 Å². The van der Waals surface area contributed by atoms with Crippen LogP contribution >= 0.6 is 0 Å². The molecule has 86 valence electrons. The van der Waals surface area contributed by atoms with Crippen LogP contribution in [0, 0.1) is 24.2 Å². The molecule has 0 aliphatic heterocycles. The fourth-order valence-electron chi connectivity index (χ4n) is 2.61. The molecular weight excluding hydrogens is 184 g/mol. The monoisotopic (exact) mass is 208 g/mol. The number of terminal acetylenes is 1. The molecule has 1 aliphatic carbocycles. The molecule has 0 bridgehead atoms. The summed E-state index contributed by atoms with van der Waals surface area (Å²) in [4.78, 5) is 0. The number of rotatable bonds is 4. The third kappa shape index (κ3) is 3.85. The summed E-state index contributed by atoms with van der Waals surface area (Å²) in [5.41, 5.74) is 5.82. The standard InChI is InChI=1S/C13H24N2/c1-4-11(3)15-13(9-14)12-7-5-6-10(2)8-12/h1,10-13,15H,5-9,14H2,2-3H3. The first-order chi connectivity index (χ1) is 7.17. The van der Waals surface area contributed by atoms with Crippen molar-refractivity contribution in [3.63, 3.8) is 0 Å². The Balaban J connectivity index is 2.46. The predicted molar refractivity (Wildman–Crippen MR) is 65.4 cm³/mol. The Morgan fingerprint density at radius 2 is 2.27 bits per heavy atom. The first-order valence-electron chi connectivity index (χ1n) is 6.09. The minimum atomic E-state index is 0.135. The summed E-state index contributed by atoms with van der Waals surface area (Å²) < 4.78 is 0. The zero-order valence-electron chi connectivity index (χ0n) is 10.00. The average Bonchev–Trinajstić information content (AvgIpc) is 2.25. The molecule has 0 heterocycles. The fourth-order valence-corrected chi connectivity index (χ4v) is 2.61. The lowest BCUT2D eigenvalue weighted by Crippen LogP contribution is -2.47. The van der Waals surface area contributed by atoms with Crippen molar-refractivity contribution in [1.29, 1.82) is 0 Å². The quantitative estimate of drug-likeness (QED) is 0.691. The highest BCUT2D eigenvalue weighted by Gasteiger charge is 2.26. The van der Waals surface area contributed by atoms with E-state index in [4.69, 9.17) is 12.2 Å². The fraction of sp³-hybridized carbons (Fsp3) is 0.846. The molecule has 0 radical (unpaired) electrons. The predicted octanol–water partition coefficient (Wildman–Crippen LogP) is 1.75. The third-order valence-corrected chi connectivity index (χ3v) is 3.51. The molecule has 0 saturated heterocycles. The Bertz CT molecular complexity index is 219. The van der Waals surface area contributed by atoms with Gasteiger partial charge in [0.2, 0.25) is 0 Å². The van der Waals surface area contributed by atoms with Crippen LogP contribution in [0.15, 0.2) is 0 Å². The Morgan fingerprint density at radius 1 is 1.53 bits per heavy atom. The summed E-state index contributed by atoms with van der Waals surface area (Å²) in [7, 11) is 0. The van der Waals surface area contributed by atoms with E-state index in [1.54, 1.807) is 0 Å². The van der Waals surface area contributed by atoms with E-state index >= 15 is 0 Å². The Morgan fingerprint density at radius 3 is 2.80 bits per heavy atom. The molecule has 2 heteroatoms. The van der Waals surface area contributed by atoms with Gasteiger partial charge in [0.05, 0.1) is 6.04 Å². The van der Waals surface area contributed by atoms with Crippen molar-refractivity contribution in [2.24, 2.45) is 17.6 Å². The summed E-state index contributed by atoms with van der Waals surface area (Å²) in [6.45, 7) is 5.06. The molecular formula is C13H24N2. The van der Waals surface area contributed by atoms with Gasteiger partial charge in [0.1, 0.15) is 0 Å². The Labute approximate surface area is 94.0 Å². The van der Waals surface area contributed by atoms with Crippen molar-refractivity contribution in [2.75, 3.05) is 6.54 Å². The van der Waals surface area contributed by atoms with Gasteiger partial charge in [-0.1, -0.05) is 25.7 Å². The van der Waals surface area contributed by atoms with Crippen molar-refractivity contribution in [3.05, 3.63) is 0 Å². The highest BCUT2D eigenvalue weighted by molar-refractivity contribution is 4.98. The minimum Gasteiger partial charge on any atom is -0.329 e. The smallest absolute Gasteiger partial charge is 0.0660 e. The van der Waals surface area contributed by atoms with Crippen LogP contribution in [0.4, 0.5) is 0 Å². The van der Waals surface area contributed by atoms with Crippen LogP contribution in [0.1, 0.15) is 39.5 Å². The molecule has 1 fully saturated rings. The number of hydrogen-bond donors (Lipinski definition) is 2. The van der Waals surface area contributed by atoms with Crippen molar-refractivity contribution in [1.82, 2.24) is 5.32 Å². The van der Waals surface area contributed by atoms with Crippen LogP contribution in [0.3, 0.4) is 0 Å². The first kappa shape index (κ1) is 12.5. The highest BCUT2D eigenvalue weighted by Crippen LogP contribution is 2.30. The number of nitrogens with one attached hydrogen (secondary N) is 1. The molecule has 4 atom stereocenters. The SMILES string of the molecule is C#CC(C)NC(CN)C1CCCC(C)C1. The molecule has 4 unspecified atom stereocenters. The molecule has 1 saturated carbocycles. The summed E-state index contributed by atoms with van der Waals surface area (Å²) in [6, 6.07) is 0.537. The maximum absolute atomic E-state index is 5.82. The van der Waals surface area contributed by atoms with Crippen molar-refractivity contribution < 1.29 is 0 Å². The molecule has 1 aliphatic rings. The van der Waals surface area contributed by atoms with Gasteiger partial charge in [0.25, 0.3) is 0 Å². The van der Waals surface area contributed by atoms with E-state index in [0.717, 1.165) is 11.8 Å². The van der Waals surface area contributed by atoms with E-state index < -0.39 is 0 Å². The molecule has 0 aromatic rings. The third-order valence-electron chi connectivity index (χ3n) is 3.51. The van der Waals surface area contributed by atoms with Crippen molar-refractivity contribution in [3.8, 4) is 12.3 Å². The molecule has 1 rings (SSSR count). The van der Waals surface area contributed by atoms with Crippen molar-refractivity contribution in [2.45, 2.75) is 51.6 Å². The van der Waals surface area contributed by atoms with Crippen LogP contribution in [-0.2, 0) is 0 Å². The Hall–Kier alpha value is -0.520. The van der Waals surface area contributed by atoms with Gasteiger partial charge in [0.15, 0.2) is 0 Å². The molecule has 15 heavy (non-hydrogen) atoms. The second-order valence-corrected chi connectivity index (χ2v) is 4.93. The van der Waals surface area contributed by atoms with Gasteiger partial charge in [-0.25, -0.2) is 0 Å². The molecule has 0 spiro atoms. The molecule has 2 nitrogen and oxygen atoms in total. The zero-order valence-corrected chi connectivity index (χ0v) is 10.00. The molecule has 3 N–H and O–H groups in total. The lowest BCUT2D eigenvalue weighted by molar-refractivity contribution is 0.222. The maximum atomic E-state index is 5.82. The van der Waals surface area contributed by atoms with E-state index in [9.17, 15) is 0 Å². The number of hydrogen-bond acceptors (Lipinski definition) is 2. The first-order valence-corrected chi connectivity index (χ1v) is 6.09. The van der Waals surface area contributed by atoms with E-state index in [-0.39, 0.29) is 6.04 Å². The second-order valence-electron chi connectivity index (χ2n) is 4.93. The number of nitrogens with two attached hydrogens (primary N) is 1. The van der Waals surface area contributed by atoms with Crippen LogP contribution < -0.4 is 11.1 Å². The Kier molecular flexibility index (Phi) is 5.14. The maximum Gasteiger partial charge on any atom is 0.0660 e. The van der Waals surface area contributed by atoms with Crippen LogP contribution in [0.5, 0.6) is 0 Å². The summed E-state index contributed by atoms with van der Waals surface area (Å²) in [5.74, 6) is 4.28. The van der Waals surface area contributed by atoms with Crippen LogP contribution in [0.25, 0.3) is 0 Å². The van der Waals surface area contributed by atoms with Gasteiger partial charge in [-0.05, 0) is 31.6 Å². The van der Waals surface area contributed by atoms with Gasteiger partial charge < -0.3 is 5.73 Å². The molecule has 0 aromatic carbocycles. The van der Waals surface area contributed by atoms with E-state index in [1.165, 1.54) is 25.7 Å². The topological polar surface area (TPSA) is 38.0 Å². The van der Waals surface area contributed by atoms with Gasteiger partial charge in [-0.15, -0.1) is 6.42 Å². The van der Waals surface area contributed by atoms with Crippen LogP contribution in [-0.4, -0.2) is 18.6 Å². The highest BCUT2D eigenvalue weighted by atomic mass is 15.0. The van der Waals surface area contributed by atoms with Gasteiger partial charge in [-0.2, -0.15) is 0 Å². The second kappa shape index (κ2) is 6.15.